The Morgan fingerprint density at radius 1 is 0.768 bits per heavy atom. The Kier molecular flexibility index (Phi) is 12.3. The van der Waals surface area contributed by atoms with E-state index in [1.165, 1.54) is 30.3 Å². The van der Waals surface area contributed by atoms with Gasteiger partial charge in [0.15, 0.2) is 0 Å². The predicted octanol–water partition coefficient (Wildman–Crippen LogP) is 8.73. The summed E-state index contributed by atoms with van der Waals surface area (Å²) in [4.78, 5) is 30.7. The van der Waals surface area contributed by atoms with E-state index < -0.39 is 41.2 Å². The highest BCUT2D eigenvalue weighted by Crippen LogP contribution is 2.40. The number of carbonyl (C=O) groups is 2. The fourth-order valence-corrected chi connectivity index (χ4v) is 7.74. The number of aryl methyl sites for hydroxylation is 1. The first-order valence-corrected chi connectivity index (χ1v) is 19.3. The summed E-state index contributed by atoms with van der Waals surface area (Å²) in [7, 11) is 0. The lowest BCUT2D eigenvalue weighted by Crippen LogP contribution is -2.50. The Morgan fingerprint density at radius 3 is 1.88 bits per heavy atom. The maximum absolute atomic E-state index is 15.9. The van der Waals surface area contributed by atoms with Crippen molar-refractivity contribution < 1.29 is 28.6 Å². The highest BCUT2D eigenvalue weighted by Gasteiger charge is 2.38. The first-order chi connectivity index (χ1) is 26.5. The van der Waals surface area contributed by atoms with Crippen molar-refractivity contribution in [2.45, 2.75) is 70.6 Å². The van der Waals surface area contributed by atoms with E-state index in [9.17, 15) is 24.2 Å². The van der Waals surface area contributed by atoms with Gasteiger partial charge in [-0.25, -0.2) is 8.78 Å². The molecule has 0 radical (unpaired) electrons. The van der Waals surface area contributed by atoms with Crippen LogP contribution in [0.4, 0.5) is 8.78 Å². The SMILES string of the molecule is CC(C)(C)[C@H](N)C(=O)N1CC(c2cc(Cl)c(CCCC[C@H](N)C(=O)N3CC(c4cc(Cl)ccc4F)=C[C@H]3c3cccc(O)c3)cc2F)=C[C@H]1c1cccc(O)c1. The zero-order valence-electron chi connectivity index (χ0n) is 31.5. The third-order valence-electron chi connectivity index (χ3n) is 10.5. The molecule has 8 nitrogen and oxygen atoms in total. The topological polar surface area (TPSA) is 133 Å². The van der Waals surface area contributed by atoms with E-state index >= 15 is 4.39 Å². The molecule has 0 aromatic heterocycles. The number of unbranched alkanes of at least 4 members (excludes halogenated alkanes) is 1. The Balaban J connectivity index is 1.12. The van der Waals surface area contributed by atoms with Gasteiger partial charge in [0, 0.05) is 34.3 Å². The second-order valence-electron chi connectivity index (χ2n) is 15.6. The van der Waals surface area contributed by atoms with E-state index in [2.05, 4.69) is 0 Å². The zero-order chi connectivity index (χ0) is 40.5. The van der Waals surface area contributed by atoms with Crippen molar-refractivity contribution in [2.75, 3.05) is 13.1 Å². The van der Waals surface area contributed by atoms with Crippen molar-refractivity contribution >= 4 is 46.2 Å². The van der Waals surface area contributed by atoms with E-state index in [-0.39, 0.29) is 47.5 Å². The average Bonchev–Trinajstić information content (AvgIpc) is 3.80. The molecule has 0 bridgehead atoms. The Bertz CT molecular complexity index is 2200. The Morgan fingerprint density at radius 2 is 1.32 bits per heavy atom. The maximum Gasteiger partial charge on any atom is 0.241 e. The quantitative estimate of drug-likeness (QED) is 0.112. The second kappa shape index (κ2) is 16.8. The van der Waals surface area contributed by atoms with Crippen LogP contribution in [0.25, 0.3) is 11.1 Å². The number of aromatic hydroxyl groups is 2. The van der Waals surface area contributed by atoms with Crippen LogP contribution in [-0.2, 0) is 16.0 Å². The number of amides is 2. The van der Waals surface area contributed by atoms with Crippen LogP contribution >= 0.6 is 23.2 Å². The van der Waals surface area contributed by atoms with Crippen molar-refractivity contribution in [3.8, 4) is 11.5 Å². The average molecular weight is 804 g/mol. The molecular weight excluding hydrogens is 757 g/mol. The fraction of sp³-hybridized carbons (Fsp3) is 0.318. The molecule has 294 valence electrons. The summed E-state index contributed by atoms with van der Waals surface area (Å²) in [5, 5.41) is 21.1. The smallest absolute Gasteiger partial charge is 0.241 e. The first-order valence-electron chi connectivity index (χ1n) is 18.6. The van der Waals surface area contributed by atoms with Crippen molar-refractivity contribution in [1.29, 1.82) is 0 Å². The molecule has 6 N–H and O–H groups in total. The van der Waals surface area contributed by atoms with Gasteiger partial charge in [-0.2, -0.15) is 0 Å². The van der Waals surface area contributed by atoms with Gasteiger partial charge in [-0.1, -0.05) is 86.8 Å². The fourth-order valence-electron chi connectivity index (χ4n) is 7.31. The van der Waals surface area contributed by atoms with Crippen LogP contribution in [0, 0.1) is 17.0 Å². The third kappa shape index (κ3) is 8.94. The van der Waals surface area contributed by atoms with Gasteiger partial charge in [-0.15, -0.1) is 0 Å². The van der Waals surface area contributed by atoms with E-state index in [4.69, 9.17) is 34.7 Å². The van der Waals surface area contributed by atoms with Gasteiger partial charge < -0.3 is 31.5 Å². The number of halogens is 4. The lowest BCUT2D eigenvalue weighted by atomic mass is 9.86. The largest absolute Gasteiger partial charge is 0.508 e. The third-order valence-corrected chi connectivity index (χ3v) is 11.1. The summed E-state index contributed by atoms with van der Waals surface area (Å²) in [6.45, 7) is 5.86. The van der Waals surface area contributed by atoms with Gasteiger partial charge in [-0.05, 0) is 107 Å². The number of carbonyl (C=O) groups excluding carboxylic acids is 2. The van der Waals surface area contributed by atoms with Crippen LogP contribution in [0.15, 0.2) is 91.0 Å². The summed E-state index contributed by atoms with van der Waals surface area (Å²) in [6.07, 6.45) is 5.49. The predicted molar refractivity (Wildman–Crippen MR) is 217 cm³/mol. The Hall–Kier alpha value is -4.74. The molecule has 4 atom stereocenters. The molecule has 0 aliphatic carbocycles. The number of rotatable bonds is 11. The summed E-state index contributed by atoms with van der Waals surface area (Å²) < 4.78 is 30.8. The van der Waals surface area contributed by atoms with Gasteiger partial charge in [0.25, 0.3) is 0 Å². The maximum atomic E-state index is 15.9. The van der Waals surface area contributed by atoms with Crippen LogP contribution < -0.4 is 11.5 Å². The standard InChI is InChI=1S/C44H46Cl2F2N4O4/c1-44(2,3)41(50)43(56)52-24-29(20-40(52)27-10-7-12-32(54)17-27)34-22-35(46)25(18-37(34)48)8-4-5-13-38(49)42(55)51-23-28(33-21-30(45)14-15-36(33)47)19-39(51)26-9-6-11-31(53)16-26/h6-7,9-12,14-22,38-41,53-54H,4-5,8,13,23-24,49-50H2,1-3H3/t38-,39-,40-,41+/m0/s1. The summed E-state index contributed by atoms with van der Waals surface area (Å²) in [6, 6.07) is 17.6. The van der Waals surface area contributed by atoms with Gasteiger partial charge >= 0.3 is 0 Å². The van der Waals surface area contributed by atoms with Crippen molar-refractivity contribution in [2.24, 2.45) is 16.9 Å². The lowest BCUT2D eigenvalue weighted by molar-refractivity contribution is -0.135. The van der Waals surface area contributed by atoms with E-state index in [0.717, 1.165) is 0 Å². The van der Waals surface area contributed by atoms with Crippen molar-refractivity contribution in [3.63, 3.8) is 0 Å². The van der Waals surface area contributed by atoms with Gasteiger partial charge in [-0.3, -0.25) is 9.59 Å². The molecular formula is C44H46Cl2F2N4O4. The van der Waals surface area contributed by atoms with Crippen LogP contribution in [-0.4, -0.2) is 57.0 Å². The minimum absolute atomic E-state index is 0.0357. The summed E-state index contributed by atoms with van der Waals surface area (Å²) in [5.74, 6) is -1.49. The number of hydrogen-bond donors (Lipinski definition) is 4. The Labute approximate surface area is 336 Å². The highest BCUT2D eigenvalue weighted by molar-refractivity contribution is 6.31. The monoisotopic (exact) mass is 802 g/mol. The molecule has 12 heteroatoms. The summed E-state index contributed by atoms with van der Waals surface area (Å²) in [5.41, 5.74) is 16.0. The van der Waals surface area contributed by atoms with Crippen LogP contribution in [0.5, 0.6) is 11.5 Å². The molecule has 2 aliphatic rings. The number of nitrogens with zero attached hydrogens (tertiary/aromatic N) is 2. The lowest BCUT2D eigenvalue weighted by Gasteiger charge is -2.33. The van der Waals surface area contributed by atoms with E-state index in [1.807, 2.05) is 26.8 Å². The number of nitrogens with two attached hydrogens (primary N) is 2. The molecule has 56 heavy (non-hydrogen) atoms. The molecule has 0 saturated carbocycles. The molecule has 2 aliphatic heterocycles. The molecule has 0 fully saturated rings. The summed E-state index contributed by atoms with van der Waals surface area (Å²) >= 11 is 12.9. The zero-order valence-corrected chi connectivity index (χ0v) is 33.0. The molecule has 2 heterocycles. The highest BCUT2D eigenvalue weighted by atomic mass is 35.5. The first kappa shape index (κ1) is 40.9. The molecule has 0 saturated heterocycles. The molecule has 6 rings (SSSR count). The number of hydrogen-bond acceptors (Lipinski definition) is 6. The number of phenolic OH excluding ortho intramolecular Hbond substituents is 2. The van der Waals surface area contributed by atoms with Crippen LogP contribution in [0.1, 0.15) is 79.9 Å². The van der Waals surface area contributed by atoms with Crippen molar-refractivity contribution in [3.05, 3.63) is 141 Å². The molecule has 2 amide bonds. The second-order valence-corrected chi connectivity index (χ2v) is 16.5. The molecule has 4 aromatic rings. The van der Waals surface area contributed by atoms with E-state index in [0.29, 0.717) is 63.6 Å². The normalized spacial score (nSPS) is 18.2. The molecule has 0 unspecified atom stereocenters. The van der Waals surface area contributed by atoms with Gasteiger partial charge in [0.05, 0.1) is 24.2 Å². The van der Waals surface area contributed by atoms with E-state index in [1.54, 1.807) is 64.4 Å². The van der Waals surface area contributed by atoms with Gasteiger partial charge in [0.2, 0.25) is 11.8 Å². The minimum atomic E-state index is -0.868. The number of phenols is 2. The van der Waals surface area contributed by atoms with Crippen LogP contribution in [0.2, 0.25) is 10.0 Å². The van der Waals surface area contributed by atoms with Crippen LogP contribution in [0.3, 0.4) is 0 Å². The van der Waals surface area contributed by atoms with Gasteiger partial charge in [0.1, 0.15) is 23.1 Å². The van der Waals surface area contributed by atoms with Crippen molar-refractivity contribution in [1.82, 2.24) is 9.80 Å². The molecule has 0 spiro atoms. The molecule has 4 aromatic carbocycles. The minimum Gasteiger partial charge on any atom is -0.508 e. The number of benzene rings is 4.